The Balaban J connectivity index is 0.00000385. The van der Waals surface area contributed by atoms with Crippen LogP contribution in [0, 0.1) is 47.6 Å². The number of hydrogen-bond acceptors (Lipinski definition) is 3. The largest absolute Gasteiger partial charge is 0.493 e. The maximum Gasteiger partial charge on any atom is 0.422 e. The molecule has 3 aromatic rings. The van der Waals surface area contributed by atoms with Crippen LogP contribution in [0.25, 0.3) is 5.69 Å². The summed E-state index contributed by atoms with van der Waals surface area (Å²) in [5.41, 5.74) is -7.32. The SMILES string of the molecule is Cc1nn(-c2c(F)c(F)c(C(F)(F)F)c(F)c2F)c(O)c1C(=O)c1cc(F)c(F)c(F)c1.[Zn]. The van der Waals surface area contributed by atoms with Crippen molar-refractivity contribution < 1.29 is 73.3 Å². The Morgan fingerprint density at radius 3 is 1.76 bits per heavy atom. The van der Waals surface area contributed by atoms with E-state index in [0.717, 1.165) is 6.92 Å². The average molecular weight is 538 g/mol. The molecule has 33 heavy (non-hydrogen) atoms. The van der Waals surface area contributed by atoms with Crippen LogP contribution in [-0.4, -0.2) is 20.7 Å². The molecule has 0 aliphatic carbocycles. The van der Waals surface area contributed by atoms with Gasteiger partial charge in [-0.2, -0.15) is 23.0 Å². The van der Waals surface area contributed by atoms with Crippen molar-refractivity contribution in [1.29, 1.82) is 0 Å². The molecule has 0 saturated heterocycles. The van der Waals surface area contributed by atoms with Crippen molar-refractivity contribution in [2.24, 2.45) is 0 Å². The summed E-state index contributed by atoms with van der Waals surface area (Å²) in [6.07, 6.45) is -5.83. The molecule has 0 radical (unpaired) electrons. The molecule has 2 aromatic carbocycles. The molecule has 0 fully saturated rings. The second-order valence-electron chi connectivity index (χ2n) is 6.26. The second kappa shape index (κ2) is 8.77. The van der Waals surface area contributed by atoms with Gasteiger partial charge in [-0.15, -0.1) is 0 Å². The van der Waals surface area contributed by atoms with Gasteiger partial charge < -0.3 is 5.11 Å². The fraction of sp³-hybridized carbons (Fsp3) is 0.111. The Bertz CT molecular complexity index is 1230. The summed E-state index contributed by atoms with van der Waals surface area (Å²) in [4.78, 5) is 12.5. The molecule has 172 valence electrons. The molecule has 0 bridgehead atoms. The fourth-order valence-corrected chi connectivity index (χ4v) is 2.82. The maximum atomic E-state index is 14.2. The van der Waals surface area contributed by atoms with Gasteiger partial charge >= 0.3 is 6.18 Å². The Morgan fingerprint density at radius 1 is 0.879 bits per heavy atom. The molecule has 0 aliphatic heterocycles. The second-order valence-corrected chi connectivity index (χ2v) is 6.26. The van der Waals surface area contributed by atoms with Gasteiger partial charge in [0.2, 0.25) is 11.7 Å². The van der Waals surface area contributed by atoms with E-state index in [9.17, 15) is 53.8 Å². The van der Waals surface area contributed by atoms with Gasteiger partial charge in [-0.3, -0.25) is 4.79 Å². The summed E-state index contributed by atoms with van der Waals surface area (Å²) in [6, 6.07) is 0.436. The number of nitrogens with zero attached hydrogens (tertiary/aromatic N) is 2. The van der Waals surface area contributed by atoms with E-state index >= 15 is 0 Å². The number of benzene rings is 2. The number of hydrogen-bond donors (Lipinski definition) is 1. The number of aromatic hydroxyl groups is 1. The number of halogens is 10. The van der Waals surface area contributed by atoms with Crippen molar-refractivity contribution in [2.45, 2.75) is 13.1 Å². The molecule has 4 nitrogen and oxygen atoms in total. The van der Waals surface area contributed by atoms with Gasteiger partial charge in [0.05, 0.1) is 5.69 Å². The third-order valence-electron chi connectivity index (χ3n) is 4.24. The molecule has 1 aromatic heterocycles. The fourth-order valence-electron chi connectivity index (χ4n) is 2.82. The van der Waals surface area contributed by atoms with E-state index in [1.54, 1.807) is 0 Å². The van der Waals surface area contributed by atoms with Crippen molar-refractivity contribution in [1.82, 2.24) is 9.78 Å². The number of rotatable bonds is 3. The van der Waals surface area contributed by atoms with Crippen LogP contribution in [-0.2, 0) is 25.7 Å². The van der Waals surface area contributed by atoms with Gasteiger partial charge in [-0.1, -0.05) is 0 Å². The zero-order valence-electron chi connectivity index (χ0n) is 15.9. The molecule has 1 heterocycles. The van der Waals surface area contributed by atoms with Crippen molar-refractivity contribution >= 4 is 5.78 Å². The molecule has 0 aliphatic rings. The summed E-state index contributed by atoms with van der Waals surface area (Å²) in [5, 5.41) is 13.4. The van der Waals surface area contributed by atoms with E-state index in [4.69, 9.17) is 0 Å². The van der Waals surface area contributed by atoms with Gasteiger partial charge in [-0.05, 0) is 19.1 Å². The summed E-state index contributed by atoms with van der Waals surface area (Å²) < 4.78 is 134. The van der Waals surface area contributed by atoms with E-state index in [0.29, 0.717) is 0 Å². The number of aryl methyl sites for hydroxylation is 1. The Morgan fingerprint density at radius 2 is 1.33 bits per heavy atom. The van der Waals surface area contributed by atoms with Crippen molar-refractivity contribution in [3.8, 4) is 11.6 Å². The Kier molecular flexibility index (Phi) is 6.99. The minimum absolute atomic E-state index is 0. The third kappa shape index (κ3) is 4.21. The molecule has 0 atom stereocenters. The van der Waals surface area contributed by atoms with E-state index in [-0.39, 0.29) is 36.3 Å². The van der Waals surface area contributed by atoms with Crippen LogP contribution in [0.5, 0.6) is 5.88 Å². The van der Waals surface area contributed by atoms with Crippen molar-refractivity contribution in [2.75, 3.05) is 0 Å². The van der Waals surface area contributed by atoms with Crippen molar-refractivity contribution in [3.63, 3.8) is 0 Å². The van der Waals surface area contributed by atoms with Crippen LogP contribution in [0.3, 0.4) is 0 Å². The molecule has 15 heteroatoms. The minimum Gasteiger partial charge on any atom is -0.493 e. The average Bonchev–Trinajstić information content (AvgIpc) is 2.96. The Labute approximate surface area is 189 Å². The van der Waals surface area contributed by atoms with Crippen LogP contribution in [0.4, 0.5) is 43.9 Å². The zero-order valence-corrected chi connectivity index (χ0v) is 18.9. The summed E-state index contributed by atoms with van der Waals surface area (Å²) in [5.74, 6) is -19.4. The number of ketones is 1. The molecule has 3 rings (SSSR count). The van der Waals surface area contributed by atoms with Gasteiger partial charge in [-0.25, -0.2) is 30.7 Å². The zero-order chi connectivity index (χ0) is 24.3. The predicted molar refractivity (Wildman–Crippen MR) is 84.5 cm³/mol. The molecule has 0 spiro atoms. The molecule has 0 saturated carbocycles. The smallest absolute Gasteiger partial charge is 0.422 e. The first kappa shape index (κ1) is 26.3. The molecule has 0 unspecified atom stereocenters. The van der Waals surface area contributed by atoms with E-state index < -0.39 is 86.6 Å². The first-order valence-corrected chi connectivity index (χ1v) is 8.09. The minimum atomic E-state index is -5.83. The number of alkyl halides is 3. The number of aromatic nitrogens is 2. The van der Waals surface area contributed by atoms with Crippen molar-refractivity contribution in [3.05, 3.63) is 75.2 Å². The first-order valence-electron chi connectivity index (χ1n) is 8.09. The first-order chi connectivity index (χ1) is 14.7. The molecule has 0 amide bonds. The van der Waals surface area contributed by atoms with E-state index in [2.05, 4.69) is 5.10 Å². The van der Waals surface area contributed by atoms with E-state index in [1.165, 1.54) is 0 Å². The monoisotopic (exact) mass is 536 g/mol. The summed E-state index contributed by atoms with van der Waals surface area (Å²) in [7, 11) is 0. The molecular formula is C18H6F10N2O2Zn. The van der Waals surface area contributed by atoms with E-state index in [1.807, 2.05) is 0 Å². The summed E-state index contributed by atoms with van der Waals surface area (Å²) >= 11 is 0. The number of carbonyl (C=O) groups is 1. The van der Waals surface area contributed by atoms with Gasteiger partial charge in [0.15, 0.2) is 40.7 Å². The number of carbonyl (C=O) groups excluding carboxylic acids is 1. The topological polar surface area (TPSA) is 55.1 Å². The predicted octanol–water partition coefficient (Wildman–Crippen LogP) is 5.11. The maximum absolute atomic E-state index is 14.2. The Hall–Kier alpha value is -2.96. The normalized spacial score (nSPS) is 11.5. The van der Waals surface area contributed by atoms with Gasteiger partial charge in [0.25, 0.3) is 0 Å². The third-order valence-corrected chi connectivity index (χ3v) is 4.24. The van der Waals surface area contributed by atoms with Gasteiger partial charge in [0, 0.05) is 25.0 Å². The quantitative estimate of drug-likeness (QED) is 0.166. The van der Waals surface area contributed by atoms with Crippen LogP contribution >= 0.6 is 0 Å². The summed E-state index contributed by atoms with van der Waals surface area (Å²) in [6.45, 7) is 0.909. The van der Waals surface area contributed by atoms with Crippen LogP contribution in [0.15, 0.2) is 12.1 Å². The van der Waals surface area contributed by atoms with Gasteiger partial charge in [0.1, 0.15) is 16.8 Å². The van der Waals surface area contributed by atoms with Crippen LogP contribution in [0.1, 0.15) is 27.2 Å². The van der Waals surface area contributed by atoms with Crippen LogP contribution in [0.2, 0.25) is 0 Å². The molecule has 1 N–H and O–H groups in total. The van der Waals surface area contributed by atoms with Crippen LogP contribution < -0.4 is 0 Å². The standard InChI is InChI=1S/C18H6F10N2O2.Zn/c1-4-8(16(31)5-2-6(19)10(21)7(20)3-5)17(32)30(29-4)15-13(24)11(22)9(18(26,27)28)12(23)14(15)25;/h2-3,32H,1H3;. The molecular weight excluding hydrogens is 532 g/mol.